The lowest BCUT2D eigenvalue weighted by atomic mass is 9.90. The van der Waals surface area contributed by atoms with Crippen molar-refractivity contribution >= 4 is 33.4 Å². The number of sulfonamides is 1. The fourth-order valence-corrected chi connectivity index (χ4v) is 4.35. The van der Waals surface area contributed by atoms with Crippen molar-refractivity contribution in [3.8, 4) is 0 Å². The van der Waals surface area contributed by atoms with Gasteiger partial charge in [-0.05, 0) is 61.1 Å². The summed E-state index contributed by atoms with van der Waals surface area (Å²) in [5.74, 6) is -1.17. The Hall–Kier alpha value is -2.22. The van der Waals surface area contributed by atoms with E-state index in [0.717, 1.165) is 41.6 Å². The minimum absolute atomic E-state index is 0.0499. The highest BCUT2D eigenvalue weighted by Gasteiger charge is 2.22. The van der Waals surface area contributed by atoms with E-state index in [9.17, 15) is 18.0 Å². The summed E-state index contributed by atoms with van der Waals surface area (Å²) in [5.41, 5.74) is 2.81. The molecule has 0 aliphatic heterocycles. The second-order valence-corrected chi connectivity index (χ2v) is 9.68. The molecule has 0 unspecified atom stereocenters. The number of hydrogen-bond acceptors (Lipinski definition) is 5. The third kappa shape index (κ3) is 4.69. The number of Topliss-reactive ketones (excluding diaryl/α,β-unsaturated/α-hetero) is 1. The Morgan fingerprint density at radius 2 is 1.72 bits per heavy atom. The SMILES string of the molecule is CN(C)S(=O)(=O)c1ccc(Cl)c(C(=O)OCC(=O)c2ccc3c(c2)CCCC3)c1. The number of benzene rings is 2. The quantitative estimate of drug-likeness (QED) is 0.512. The third-order valence-electron chi connectivity index (χ3n) is 4.94. The molecule has 0 fully saturated rings. The lowest BCUT2D eigenvalue weighted by Crippen LogP contribution is -2.22. The third-order valence-corrected chi connectivity index (χ3v) is 7.08. The zero-order valence-corrected chi connectivity index (χ0v) is 17.8. The van der Waals surface area contributed by atoms with Crippen LogP contribution in [0.1, 0.15) is 44.7 Å². The zero-order chi connectivity index (χ0) is 21.2. The summed E-state index contributed by atoms with van der Waals surface area (Å²) in [7, 11) is -0.957. The molecule has 0 atom stereocenters. The summed E-state index contributed by atoms with van der Waals surface area (Å²) in [4.78, 5) is 24.8. The minimum atomic E-state index is -3.73. The van der Waals surface area contributed by atoms with Gasteiger partial charge in [-0.3, -0.25) is 4.79 Å². The van der Waals surface area contributed by atoms with Crippen molar-refractivity contribution in [2.24, 2.45) is 0 Å². The van der Waals surface area contributed by atoms with Gasteiger partial charge in [-0.1, -0.05) is 23.7 Å². The molecule has 1 aliphatic carbocycles. The largest absolute Gasteiger partial charge is 0.454 e. The maximum absolute atomic E-state index is 12.5. The molecule has 0 radical (unpaired) electrons. The average molecular weight is 436 g/mol. The van der Waals surface area contributed by atoms with Crippen molar-refractivity contribution in [1.82, 2.24) is 4.31 Å². The van der Waals surface area contributed by atoms with E-state index in [4.69, 9.17) is 16.3 Å². The summed E-state index contributed by atoms with van der Waals surface area (Å²) in [5, 5.41) is 0.0499. The number of nitrogens with zero attached hydrogens (tertiary/aromatic N) is 1. The van der Waals surface area contributed by atoms with Gasteiger partial charge in [0, 0.05) is 19.7 Å². The maximum atomic E-state index is 12.5. The number of halogens is 1. The van der Waals surface area contributed by atoms with Gasteiger partial charge in [0.15, 0.2) is 12.4 Å². The Morgan fingerprint density at radius 1 is 1.03 bits per heavy atom. The summed E-state index contributed by atoms with van der Waals surface area (Å²) < 4.78 is 30.7. The monoisotopic (exact) mass is 435 g/mol. The van der Waals surface area contributed by atoms with Crippen LogP contribution in [-0.2, 0) is 27.6 Å². The smallest absolute Gasteiger partial charge is 0.340 e. The molecule has 0 spiro atoms. The molecule has 154 valence electrons. The van der Waals surface area contributed by atoms with Crippen LogP contribution in [0.15, 0.2) is 41.3 Å². The van der Waals surface area contributed by atoms with Gasteiger partial charge >= 0.3 is 5.97 Å². The minimum Gasteiger partial charge on any atom is -0.454 e. The Bertz CT molecular complexity index is 1060. The fraction of sp³-hybridized carbons (Fsp3) is 0.333. The van der Waals surface area contributed by atoms with Crippen LogP contribution in [0.3, 0.4) is 0 Å². The van der Waals surface area contributed by atoms with Crippen LogP contribution in [0, 0.1) is 0 Å². The van der Waals surface area contributed by atoms with Crippen molar-refractivity contribution < 1.29 is 22.7 Å². The number of fused-ring (bicyclic) bond motifs is 1. The van der Waals surface area contributed by atoms with Crippen LogP contribution in [0.2, 0.25) is 5.02 Å². The second kappa shape index (κ2) is 8.65. The highest BCUT2D eigenvalue weighted by Crippen LogP contribution is 2.24. The number of hydrogen-bond donors (Lipinski definition) is 0. The molecule has 3 rings (SSSR count). The summed E-state index contributed by atoms with van der Waals surface area (Å²) in [6, 6.07) is 9.35. The number of esters is 1. The van der Waals surface area contributed by atoms with E-state index in [2.05, 4.69) is 0 Å². The molecule has 6 nitrogen and oxygen atoms in total. The van der Waals surface area contributed by atoms with Crippen molar-refractivity contribution in [1.29, 1.82) is 0 Å². The molecular weight excluding hydrogens is 414 g/mol. The van der Waals surface area contributed by atoms with E-state index in [1.807, 2.05) is 12.1 Å². The van der Waals surface area contributed by atoms with Gasteiger partial charge in [-0.25, -0.2) is 17.5 Å². The molecule has 0 N–H and O–H groups in total. The summed E-state index contributed by atoms with van der Waals surface area (Å²) in [6.07, 6.45) is 4.22. The Morgan fingerprint density at radius 3 is 2.41 bits per heavy atom. The van der Waals surface area contributed by atoms with Crippen molar-refractivity contribution in [3.63, 3.8) is 0 Å². The van der Waals surface area contributed by atoms with E-state index < -0.39 is 22.6 Å². The molecule has 2 aromatic rings. The van der Waals surface area contributed by atoms with E-state index in [0.29, 0.717) is 5.56 Å². The molecule has 0 amide bonds. The maximum Gasteiger partial charge on any atom is 0.340 e. The van der Waals surface area contributed by atoms with Crippen LogP contribution in [0.4, 0.5) is 0 Å². The molecule has 29 heavy (non-hydrogen) atoms. The molecular formula is C21H22ClNO5S. The zero-order valence-electron chi connectivity index (χ0n) is 16.3. The van der Waals surface area contributed by atoms with E-state index >= 15 is 0 Å². The van der Waals surface area contributed by atoms with Gasteiger partial charge in [-0.15, -0.1) is 0 Å². The molecule has 0 heterocycles. The molecule has 0 bridgehead atoms. The Balaban J connectivity index is 1.73. The summed E-state index contributed by atoms with van der Waals surface area (Å²) in [6.45, 7) is -0.446. The highest BCUT2D eigenvalue weighted by atomic mass is 35.5. The van der Waals surface area contributed by atoms with Crippen LogP contribution in [-0.4, -0.2) is 45.2 Å². The number of carbonyl (C=O) groups excluding carboxylic acids is 2. The first-order valence-corrected chi connectivity index (χ1v) is 11.1. The average Bonchev–Trinajstić information content (AvgIpc) is 2.71. The molecule has 1 aliphatic rings. The molecule has 0 aromatic heterocycles. The van der Waals surface area contributed by atoms with E-state index in [1.165, 1.54) is 31.8 Å². The number of rotatable bonds is 6. The van der Waals surface area contributed by atoms with Gasteiger partial charge < -0.3 is 4.74 Å². The van der Waals surface area contributed by atoms with Gasteiger partial charge in [0.1, 0.15) is 0 Å². The Labute approximate surface area is 175 Å². The first-order valence-electron chi connectivity index (χ1n) is 9.24. The van der Waals surface area contributed by atoms with Gasteiger partial charge in [-0.2, -0.15) is 0 Å². The molecule has 2 aromatic carbocycles. The predicted molar refractivity (Wildman–Crippen MR) is 110 cm³/mol. The number of aryl methyl sites for hydroxylation is 2. The van der Waals surface area contributed by atoms with Crippen molar-refractivity contribution in [2.45, 2.75) is 30.6 Å². The normalized spacial score (nSPS) is 13.8. The van der Waals surface area contributed by atoms with Gasteiger partial charge in [0.2, 0.25) is 10.0 Å². The van der Waals surface area contributed by atoms with Crippen molar-refractivity contribution in [3.05, 3.63) is 63.7 Å². The van der Waals surface area contributed by atoms with Gasteiger partial charge in [0.05, 0.1) is 15.5 Å². The fourth-order valence-electron chi connectivity index (χ4n) is 3.23. The highest BCUT2D eigenvalue weighted by molar-refractivity contribution is 7.89. The Kier molecular flexibility index (Phi) is 6.41. The molecule has 0 saturated carbocycles. The topological polar surface area (TPSA) is 80.8 Å². The first-order chi connectivity index (χ1) is 13.7. The first kappa shape index (κ1) is 21.5. The lowest BCUT2D eigenvalue weighted by Gasteiger charge is -2.16. The molecule has 0 saturated heterocycles. The van der Waals surface area contributed by atoms with Crippen LogP contribution < -0.4 is 0 Å². The van der Waals surface area contributed by atoms with E-state index in [1.54, 1.807) is 6.07 Å². The van der Waals surface area contributed by atoms with Crippen LogP contribution >= 0.6 is 11.6 Å². The number of ketones is 1. The van der Waals surface area contributed by atoms with Crippen LogP contribution in [0.25, 0.3) is 0 Å². The van der Waals surface area contributed by atoms with Gasteiger partial charge in [0.25, 0.3) is 0 Å². The standard InChI is InChI=1S/C21H22ClNO5S/c1-23(2)29(26,27)17-9-10-19(22)18(12-17)21(25)28-13-20(24)16-8-7-14-5-3-4-6-15(14)11-16/h7-12H,3-6,13H2,1-2H3. The lowest BCUT2D eigenvalue weighted by molar-refractivity contribution is 0.0474. The second-order valence-electron chi connectivity index (χ2n) is 7.12. The summed E-state index contributed by atoms with van der Waals surface area (Å²) >= 11 is 6.04. The van der Waals surface area contributed by atoms with E-state index in [-0.39, 0.29) is 21.3 Å². The number of carbonyl (C=O) groups is 2. The van der Waals surface area contributed by atoms with Crippen LogP contribution in [0.5, 0.6) is 0 Å². The predicted octanol–water partition coefficient (Wildman–Crippen LogP) is 3.51. The van der Waals surface area contributed by atoms with Crippen molar-refractivity contribution in [2.75, 3.05) is 20.7 Å². The number of ether oxygens (including phenoxy) is 1. The molecule has 8 heteroatoms.